The lowest BCUT2D eigenvalue weighted by molar-refractivity contribution is 0.318. The molecule has 0 heterocycles. The van der Waals surface area contributed by atoms with Crippen molar-refractivity contribution in [1.82, 2.24) is 0 Å². The molecule has 0 aliphatic rings. The van der Waals surface area contributed by atoms with Gasteiger partial charge in [-0.05, 0) is 30.1 Å². The first-order valence-electron chi connectivity index (χ1n) is 5.22. The highest BCUT2D eigenvalue weighted by Gasteiger charge is 2.17. The Morgan fingerprint density at radius 3 is 2.00 bits per heavy atom. The summed E-state index contributed by atoms with van der Waals surface area (Å²) >= 11 is 0. The van der Waals surface area contributed by atoms with E-state index in [0.29, 0.717) is 5.41 Å². The summed E-state index contributed by atoms with van der Waals surface area (Å²) in [6, 6.07) is 0. The molecule has 1 unspecified atom stereocenters. The highest BCUT2D eigenvalue weighted by molar-refractivity contribution is 4.81. The first-order valence-corrected chi connectivity index (χ1v) is 5.22. The summed E-state index contributed by atoms with van der Waals surface area (Å²) in [5.41, 5.74) is 0.503. The molecule has 12 heavy (non-hydrogen) atoms. The average Bonchev–Trinajstić information content (AvgIpc) is 2.00. The zero-order valence-corrected chi connectivity index (χ0v) is 9.65. The first-order chi connectivity index (χ1) is 5.39. The van der Waals surface area contributed by atoms with E-state index in [2.05, 4.69) is 48.0 Å². The fourth-order valence-electron chi connectivity index (χ4n) is 0.921. The van der Waals surface area contributed by atoms with Gasteiger partial charge in [0.05, 0.1) is 0 Å². The van der Waals surface area contributed by atoms with Crippen molar-refractivity contribution < 1.29 is 0 Å². The maximum absolute atomic E-state index is 2.48. The van der Waals surface area contributed by atoms with Crippen LogP contribution in [0.1, 0.15) is 54.4 Å². The standard InChI is InChI=1S/C12H25/c1-7-12(5,6)9-8-11(4)10(2)3/h8,10-11H,7,9H2,1-6H3. The first kappa shape index (κ1) is 12.0. The SMILES string of the molecule is CCC(C)(C)C[CH]C(C)C(C)C. The van der Waals surface area contributed by atoms with E-state index < -0.39 is 0 Å². The second-order valence-corrected chi connectivity index (χ2v) is 5.06. The third kappa shape index (κ3) is 4.79. The molecular weight excluding hydrogens is 144 g/mol. The Bertz CT molecular complexity index is 111. The summed E-state index contributed by atoms with van der Waals surface area (Å²) in [4.78, 5) is 0. The molecule has 0 fully saturated rings. The van der Waals surface area contributed by atoms with Crippen LogP contribution < -0.4 is 0 Å². The van der Waals surface area contributed by atoms with E-state index in [1.54, 1.807) is 0 Å². The van der Waals surface area contributed by atoms with Crippen molar-refractivity contribution >= 4 is 0 Å². The van der Waals surface area contributed by atoms with Gasteiger partial charge in [-0.15, -0.1) is 0 Å². The number of hydrogen-bond donors (Lipinski definition) is 0. The van der Waals surface area contributed by atoms with Crippen molar-refractivity contribution in [2.45, 2.75) is 54.4 Å². The van der Waals surface area contributed by atoms with Crippen LogP contribution in [0.25, 0.3) is 0 Å². The van der Waals surface area contributed by atoms with Crippen molar-refractivity contribution in [2.75, 3.05) is 0 Å². The lowest BCUT2D eigenvalue weighted by Crippen LogP contribution is -2.14. The van der Waals surface area contributed by atoms with Gasteiger partial charge in [0.2, 0.25) is 0 Å². The van der Waals surface area contributed by atoms with E-state index in [9.17, 15) is 0 Å². The lowest BCUT2D eigenvalue weighted by atomic mass is 9.81. The predicted molar refractivity (Wildman–Crippen MR) is 57.0 cm³/mol. The van der Waals surface area contributed by atoms with Gasteiger partial charge in [0.15, 0.2) is 0 Å². The molecule has 1 radical (unpaired) electrons. The topological polar surface area (TPSA) is 0 Å². The second kappa shape index (κ2) is 4.89. The Kier molecular flexibility index (Phi) is 4.89. The molecule has 0 bridgehead atoms. The molecule has 0 aliphatic carbocycles. The van der Waals surface area contributed by atoms with Gasteiger partial charge in [0.1, 0.15) is 0 Å². The minimum Gasteiger partial charge on any atom is -0.0649 e. The Balaban J connectivity index is 3.67. The minimum atomic E-state index is 0.503. The average molecular weight is 169 g/mol. The summed E-state index contributed by atoms with van der Waals surface area (Å²) in [5, 5.41) is 0. The van der Waals surface area contributed by atoms with Crippen LogP contribution in [0.5, 0.6) is 0 Å². The van der Waals surface area contributed by atoms with Gasteiger partial charge in [-0.3, -0.25) is 0 Å². The zero-order valence-electron chi connectivity index (χ0n) is 9.65. The lowest BCUT2D eigenvalue weighted by Gasteiger charge is -2.25. The molecule has 1 atom stereocenters. The molecular formula is C12H25. The van der Waals surface area contributed by atoms with Gasteiger partial charge in [0, 0.05) is 0 Å². The Morgan fingerprint density at radius 2 is 1.67 bits per heavy atom. The summed E-state index contributed by atoms with van der Waals surface area (Å²) in [6.45, 7) is 13.9. The predicted octanol–water partition coefficient (Wildman–Crippen LogP) is 4.31. The van der Waals surface area contributed by atoms with Crippen molar-refractivity contribution in [3.63, 3.8) is 0 Å². The quantitative estimate of drug-likeness (QED) is 0.575. The van der Waals surface area contributed by atoms with Crippen molar-refractivity contribution in [3.05, 3.63) is 6.42 Å². The van der Waals surface area contributed by atoms with Gasteiger partial charge in [-0.2, -0.15) is 0 Å². The van der Waals surface area contributed by atoms with Gasteiger partial charge in [0.25, 0.3) is 0 Å². The fraction of sp³-hybridized carbons (Fsp3) is 0.917. The fourth-order valence-corrected chi connectivity index (χ4v) is 0.921. The summed E-state index contributed by atoms with van der Waals surface area (Å²) < 4.78 is 0. The van der Waals surface area contributed by atoms with Gasteiger partial charge in [-0.1, -0.05) is 48.0 Å². The van der Waals surface area contributed by atoms with Gasteiger partial charge >= 0.3 is 0 Å². The highest BCUT2D eigenvalue weighted by atomic mass is 14.2. The maximum Gasteiger partial charge on any atom is -0.0350 e. The van der Waals surface area contributed by atoms with E-state index in [-0.39, 0.29) is 0 Å². The molecule has 0 N–H and O–H groups in total. The van der Waals surface area contributed by atoms with Crippen LogP contribution in [0.4, 0.5) is 0 Å². The molecule has 0 nitrogen and oxygen atoms in total. The summed E-state index contributed by atoms with van der Waals surface area (Å²) in [7, 11) is 0. The highest BCUT2D eigenvalue weighted by Crippen LogP contribution is 2.29. The molecule has 0 amide bonds. The van der Waals surface area contributed by atoms with E-state index in [1.807, 2.05) is 0 Å². The van der Waals surface area contributed by atoms with Crippen LogP contribution >= 0.6 is 0 Å². The monoisotopic (exact) mass is 169 g/mol. The van der Waals surface area contributed by atoms with Crippen molar-refractivity contribution in [3.8, 4) is 0 Å². The largest absolute Gasteiger partial charge is 0.0649 e. The third-order valence-electron chi connectivity index (χ3n) is 3.05. The molecule has 0 aromatic carbocycles. The van der Waals surface area contributed by atoms with E-state index >= 15 is 0 Å². The van der Waals surface area contributed by atoms with Gasteiger partial charge < -0.3 is 0 Å². The normalized spacial score (nSPS) is 15.2. The molecule has 0 aliphatic heterocycles. The van der Waals surface area contributed by atoms with Gasteiger partial charge in [-0.25, -0.2) is 0 Å². The van der Waals surface area contributed by atoms with Crippen LogP contribution in [0.15, 0.2) is 0 Å². The van der Waals surface area contributed by atoms with E-state index in [1.165, 1.54) is 12.8 Å². The maximum atomic E-state index is 2.48. The number of hydrogen-bond acceptors (Lipinski definition) is 0. The third-order valence-corrected chi connectivity index (χ3v) is 3.05. The molecule has 0 heteroatoms. The van der Waals surface area contributed by atoms with Crippen molar-refractivity contribution in [2.24, 2.45) is 17.3 Å². The Morgan fingerprint density at radius 1 is 1.17 bits per heavy atom. The zero-order chi connectivity index (χ0) is 9.78. The van der Waals surface area contributed by atoms with E-state index in [0.717, 1.165) is 11.8 Å². The summed E-state index contributed by atoms with van der Waals surface area (Å²) in [6.07, 6.45) is 5.01. The molecule has 0 aromatic heterocycles. The molecule has 0 spiro atoms. The molecule has 0 saturated carbocycles. The van der Waals surface area contributed by atoms with Crippen LogP contribution in [0, 0.1) is 23.7 Å². The smallest absolute Gasteiger partial charge is 0.0350 e. The van der Waals surface area contributed by atoms with E-state index in [4.69, 9.17) is 0 Å². The molecule has 73 valence electrons. The molecule has 0 saturated heterocycles. The van der Waals surface area contributed by atoms with Crippen molar-refractivity contribution in [1.29, 1.82) is 0 Å². The number of rotatable bonds is 5. The Hall–Kier alpha value is 0. The second-order valence-electron chi connectivity index (χ2n) is 5.06. The minimum absolute atomic E-state index is 0.503. The molecule has 0 rings (SSSR count). The molecule has 0 aromatic rings. The Labute approximate surface area is 78.8 Å². The van der Waals surface area contributed by atoms with Crippen LogP contribution in [-0.2, 0) is 0 Å². The summed E-state index contributed by atoms with van der Waals surface area (Å²) in [5.74, 6) is 1.55. The van der Waals surface area contributed by atoms with Crippen LogP contribution in [0.2, 0.25) is 0 Å². The van der Waals surface area contributed by atoms with Crippen LogP contribution in [0.3, 0.4) is 0 Å². The van der Waals surface area contributed by atoms with Crippen LogP contribution in [-0.4, -0.2) is 0 Å².